The van der Waals surface area contributed by atoms with Gasteiger partial charge >= 0.3 is 6.18 Å². The molecule has 6 nitrogen and oxygen atoms in total. The molecule has 0 saturated carbocycles. The molecule has 3 rings (SSSR count). The standard InChI is InChI=1S/C22H24F3N3O3S/c1-32(29,30)21-6-5-19(12-20(21)22(23,24)25)31-15-18-14-28(10-8-27-18)9-7-16-3-2-4-17(11-16)13-26/h2-6,11-12,18,27H,7-10,14-15H2,1H3/t18-/m0/s1. The summed E-state index contributed by atoms with van der Waals surface area (Å²) in [5.74, 6) is -0.0306. The van der Waals surface area contributed by atoms with Crippen molar-refractivity contribution in [3.63, 3.8) is 0 Å². The van der Waals surface area contributed by atoms with E-state index in [1.807, 2.05) is 18.2 Å². The van der Waals surface area contributed by atoms with Crippen molar-refractivity contribution in [3.05, 3.63) is 59.2 Å². The Morgan fingerprint density at radius 2 is 2.03 bits per heavy atom. The Labute approximate surface area is 185 Å². The van der Waals surface area contributed by atoms with E-state index < -0.39 is 26.5 Å². The number of nitriles is 1. The van der Waals surface area contributed by atoms with E-state index in [2.05, 4.69) is 16.3 Å². The van der Waals surface area contributed by atoms with Gasteiger partial charge in [0.05, 0.1) is 28.1 Å². The average molecular weight is 468 g/mol. The van der Waals surface area contributed by atoms with Crippen LogP contribution < -0.4 is 10.1 Å². The maximum Gasteiger partial charge on any atom is 0.417 e. The summed E-state index contributed by atoms with van der Waals surface area (Å²) >= 11 is 0. The summed E-state index contributed by atoms with van der Waals surface area (Å²) in [5.41, 5.74) is 0.463. The van der Waals surface area contributed by atoms with Crippen molar-refractivity contribution in [1.82, 2.24) is 10.2 Å². The van der Waals surface area contributed by atoms with E-state index in [9.17, 15) is 21.6 Å². The van der Waals surface area contributed by atoms with Gasteiger partial charge in [0.25, 0.3) is 0 Å². The van der Waals surface area contributed by atoms with Crippen molar-refractivity contribution in [2.75, 3.05) is 39.0 Å². The number of ether oxygens (including phenoxy) is 1. The monoisotopic (exact) mass is 467 g/mol. The molecule has 2 aromatic rings. The molecule has 0 spiro atoms. The predicted octanol–water partition coefficient (Wildman–Crippen LogP) is 2.88. The van der Waals surface area contributed by atoms with E-state index in [0.717, 1.165) is 43.5 Å². The molecule has 1 saturated heterocycles. The maximum absolute atomic E-state index is 13.3. The summed E-state index contributed by atoms with van der Waals surface area (Å²) in [5, 5.41) is 12.3. The van der Waals surface area contributed by atoms with Gasteiger partial charge in [0.1, 0.15) is 12.4 Å². The Balaban J connectivity index is 1.59. The van der Waals surface area contributed by atoms with E-state index in [-0.39, 0.29) is 18.4 Å². The minimum Gasteiger partial charge on any atom is -0.492 e. The molecule has 0 radical (unpaired) electrons. The van der Waals surface area contributed by atoms with E-state index >= 15 is 0 Å². The Bertz CT molecular complexity index is 1100. The lowest BCUT2D eigenvalue weighted by Gasteiger charge is -2.33. The second-order valence-corrected chi connectivity index (χ2v) is 9.74. The van der Waals surface area contributed by atoms with Crippen LogP contribution in [-0.4, -0.2) is 58.4 Å². The first kappa shape index (κ1) is 24.0. The number of benzene rings is 2. The molecule has 1 aliphatic rings. The van der Waals surface area contributed by atoms with Crippen LogP contribution in [0.25, 0.3) is 0 Å². The highest BCUT2D eigenvalue weighted by atomic mass is 32.2. The van der Waals surface area contributed by atoms with Gasteiger partial charge in [-0.05, 0) is 42.3 Å². The fraction of sp³-hybridized carbons (Fsp3) is 0.409. The molecule has 172 valence electrons. The third kappa shape index (κ3) is 6.45. The molecule has 0 unspecified atom stereocenters. The van der Waals surface area contributed by atoms with Gasteiger partial charge in [0.15, 0.2) is 9.84 Å². The number of hydrogen-bond donors (Lipinski definition) is 1. The number of piperazine rings is 1. The first-order valence-corrected chi connectivity index (χ1v) is 11.9. The largest absolute Gasteiger partial charge is 0.492 e. The van der Waals surface area contributed by atoms with Crippen molar-refractivity contribution in [1.29, 1.82) is 5.26 Å². The molecule has 10 heteroatoms. The minimum absolute atomic E-state index is 0.0306. The smallest absolute Gasteiger partial charge is 0.417 e. The Kier molecular flexibility index (Phi) is 7.44. The fourth-order valence-electron chi connectivity index (χ4n) is 3.63. The summed E-state index contributed by atoms with van der Waals surface area (Å²) < 4.78 is 68.9. The highest BCUT2D eigenvalue weighted by molar-refractivity contribution is 7.90. The molecular formula is C22H24F3N3O3S. The molecule has 1 heterocycles. The van der Waals surface area contributed by atoms with Crippen LogP contribution in [0.4, 0.5) is 13.2 Å². The van der Waals surface area contributed by atoms with E-state index in [0.29, 0.717) is 18.7 Å². The maximum atomic E-state index is 13.3. The molecule has 0 aromatic heterocycles. The zero-order valence-corrected chi connectivity index (χ0v) is 18.3. The average Bonchev–Trinajstić information content (AvgIpc) is 2.75. The predicted molar refractivity (Wildman–Crippen MR) is 113 cm³/mol. The molecular weight excluding hydrogens is 443 g/mol. The van der Waals surface area contributed by atoms with Crippen LogP contribution in [-0.2, 0) is 22.4 Å². The quantitative estimate of drug-likeness (QED) is 0.675. The highest BCUT2D eigenvalue weighted by Gasteiger charge is 2.36. The molecule has 1 N–H and O–H groups in total. The number of rotatable bonds is 7. The summed E-state index contributed by atoms with van der Waals surface area (Å²) in [6, 6.07) is 12.4. The topological polar surface area (TPSA) is 82.4 Å². The van der Waals surface area contributed by atoms with Crippen LogP contribution in [0.15, 0.2) is 47.4 Å². The normalized spacial score (nSPS) is 17.7. The Hall–Kier alpha value is -2.61. The summed E-state index contributed by atoms with van der Waals surface area (Å²) in [4.78, 5) is 1.47. The van der Waals surface area contributed by atoms with Crippen LogP contribution in [0.2, 0.25) is 0 Å². The van der Waals surface area contributed by atoms with E-state index in [1.54, 1.807) is 6.07 Å². The minimum atomic E-state index is -4.81. The lowest BCUT2D eigenvalue weighted by atomic mass is 10.1. The molecule has 2 aromatic carbocycles. The second-order valence-electron chi connectivity index (χ2n) is 7.75. The van der Waals surface area contributed by atoms with Crippen LogP contribution in [0.3, 0.4) is 0 Å². The number of sulfone groups is 1. The third-order valence-corrected chi connectivity index (χ3v) is 6.37. The van der Waals surface area contributed by atoms with Gasteiger partial charge in [-0.3, -0.25) is 0 Å². The van der Waals surface area contributed by atoms with Crippen molar-refractivity contribution < 1.29 is 26.3 Å². The van der Waals surface area contributed by atoms with Crippen molar-refractivity contribution in [3.8, 4) is 11.8 Å². The lowest BCUT2D eigenvalue weighted by Crippen LogP contribution is -2.53. The molecule has 0 amide bonds. The van der Waals surface area contributed by atoms with Gasteiger partial charge in [-0.25, -0.2) is 8.42 Å². The van der Waals surface area contributed by atoms with Gasteiger partial charge in [-0.2, -0.15) is 18.4 Å². The molecule has 1 atom stereocenters. The zero-order valence-electron chi connectivity index (χ0n) is 17.5. The van der Waals surface area contributed by atoms with Crippen molar-refractivity contribution in [2.45, 2.75) is 23.5 Å². The Morgan fingerprint density at radius 1 is 1.25 bits per heavy atom. The third-order valence-electron chi connectivity index (χ3n) is 5.22. The van der Waals surface area contributed by atoms with Crippen LogP contribution in [0, 0.1) is 11.3 Å². The molecule has 1 aliphatic heterocycles. The first-order valence-electron chi connectivity index (χ1n) is 10.0. The number of nitrogens with zero attached hydrogens (tertiary/aromatic N) is 2. The number of halogens is 3. The van der Waals surface area contributed by atoms with E-state index in [4.69, 9.17) is 10.00 Å². The Morgan fingerprint density at radius 3 is 2.72 bits per heavy atom. The van der Waals surface area contributed by atoms with Gasteiger partial charge in [-0.15, -0.1) is 0 Å². The first-order chi connectivity index (χ1) is 15.1. The van der Waals surface area contributed by atoms with Gasteiger partial charge in [0, 0.05) is 32.4 Å². The van der Waals surface area contributed by atoms with Crippen molar-refractivity contribution in [2.24, 2.45) is 0 Å². The van der Waals surface area contributed by atoms with E-state index in [1.165, 1.54) is 6.07 Å². The zero-order chi connectivity index (χ0) is 23.4. The SMILES string of the molecule is CS(=O)(=O)c1ccc(OC[C@@H]2CN(CCc3cccc(C#N)c3)CCN2)cc1C(F)(F)F. The summed E-state index contributed by atoms with van der Waals surface area (Å²) in [6.45, 7) is 3.14. The molecule has 0 aliphatic carbocycles. The summed E-state index contributed by atoms with van der Waals surface area (Å²) in [7, 11) is -4.02. The molecule has 1 fully saturated rings. The van der Waals surface area contributed by atoms with Crippen LogP contribution in [0.5, 0.6) is 5.75 Å². The van der Waals surface area contributed by atoms with Gasteiger partial charge < -0.3 is 15.0 Å². The molecule has 0 bridgehead atoms. The highest BCUT2D eigenvalue weighted by Crippen LogP contribution is 2.36. The van der Waals surface area contributed by atoms with Crippen molar-refractivity contribution >= 4 is 9.84 Å². The van der Waals surface area contributed by atoms with Crippen LogP contribution >= 0.6 is 0 Å². The number of nitrogens with one attached hydrogen (secondary N) is 1. The lowest BCUT2D eigenvalue weighted by molar-refractivity contribution is -0.140. The van der Waals surface area contributed by atoms with Crippen LogP contribution in [0.1, 0.15) is 16.7 Å². The second kappa shape index (κ2) is 9.90. The van der Waals surface area contributed by atoms with Gasteiger partial charge in [-0.1, -0.05) is 12.1 Å². The number of hydrogen-bond acceptors (Lipinski definition) is 6. The summed E-state index contributed by atoms with van der Waals surface area (Å²) in [6.07, 6.45) is -3.28. The molecule has 32 heavy (non-hydrogen) atoms. The number of alkyl halides is 3. The fourth-order valence-corrected chi connectivity index (χ4v) is 4.52. The van der Waals surface area contributed by atoms with Gasteiger partial charge in [0.2, 0.25) is 0 Å².